The number of para-hydroxylation sites is 2. The molecule has 3 N–H and O–H groups in total. The first-order chi connectivity index (χ1) is 10.3. The Morgan fingerprint density at radius 2 is 1.24 bits per heavy atom. The average molecular weight is 275 g/mol. The van der Waals surface area contributed by atoms with Crippen LogP contribution in [0.5, 0.6) is 0 Å². The predicted octanol–water partition coefficient (Wildman–Crippen LogP) is 3.88. The topological polar surface area (TPSA) is 64.2 Å². The van der Waals surface area contributed by atoms with Crippen molar-refractivity contribution in [3.63, 3.8) is 0 Å². The lowest BCUT2D eigenvalue weighted by molar-refractivity contribution is 0.319. The molecule has 0 radical (unpaired) electrons. The van der Waals surface area contributed by atoms with Gasteiger partial charge in [0.15, 0.2) is 0 Å². The van der Waals surface area contributed by atoms with Gasteiger partial charge in [0, 0.05) is 21.8 Å². The Balaban J connectivity index is 1.87. The van der Waals surface area contributed by atoms with Crippen molar-refractivity contribution in [1.29, 1.82) is 0 Å². The molecule has 0 aliphatic heterocycles. The standard InChI is InChI=1S/C17H13N3O/c21-20-17(15-9-11-5-1-3-7-13(11)18-15)16-10-12-6-2-4-8-14(12)19-16/h1-10,18-19,21H. The summed E-state index contributed by atoms with van der Waals surface area (Å²) >= 11 is 0. The Morgan fingerprint density at radius 3 is 1.67 bits per heavy atom. The molecule has 0 aliphatic rings. The van der Waals surface area contributed by atoms with E-state index in [1.165, 1.54) is 0 Å². The average Bonchev–Trinajstić information content (AvgIpc) is 3.11. The van der Waals surface area contributed by atoms with Gasteiger partial charge in [0.05, 0.1) is 11.4 Å². The molecule has 2 aromatic carbocycles. The lowest BCUT2D eigenvalue weighted by Gasteiger charge is -1.98. The molecular weight excluding hydrogens is 262 g/mol. The second-order valence-electron chi connectivity index (χ2n) is 4.99. The zero-order valence-electron chi connectivity index (χ0n) is 11.2. The molecule has 4 heteroatoms. The number of H-pyrrole nitrogens is 2. The van der Waals surface area contributed by atoms with E-state index in [1.54, 1.807) is 0 Å². The van der Waals surface area contributed by atoms with Crippen LogP contribution in [0.4, 0.5) is 0 Å². The predicted molar refractivity (Wildman–Crippen MR) is 84.0 cm³/mol. The van der Waals surface area contributed by atoms with E-state index in [0.717, 1.165) is 33.2 Å². The smallest absolute Gasteiger partial charge is 0.149 e. The van der Waals surface area contributed by atoms with Crippen LogP contribution in [-0.2, 0) is 0 Å². The molecule has 102 valence electrons. The van der Waals surface area contributed by atoms with Crippen molar-refractivity contribution < 1.29 is 5.21 Å². The van der Waals surface area contributed by atoms with Crippen LogP contribution >= 0.6 is 0 Å². The second-order valence-corrected chi connectivity index (χ2v) is 4.99. The maximum atomic E-state index is 9.43. The lowest BCUT2D eigenvalue weighted by Crippen LogP contribution is -2.03. The van der Waals surface area contributed by atoms with Gasteiger partial charge in [0.25, 0.3) is 0 Å². The van der Waals surface area contributed by atoms with Crippen molar-refractivity contribution in [3.05, 3.63) is 72.1 Å². The highest BCUT2D eigenvalue weighted by molar-refractivity contribution is 6.14. The molecule has 0 aliphatic carbocycles. The van der Waals surface area contributed by atoms with E-state index in [-0.39, 0.29) is 0 Å². The van der Waals surface area contributed by atoms with Gasteiger partial charge >= 0.3 is 0 Å². The summed E-state index contributed by atoms with van der Waals surface area (Å²) in [5.41, 5.74) is 4.10. The fraction of sp³-hybridized carbons (Fsp3) is 0. The Hall–Kier alpha value is -3.01. The van der Waals surface area contributed by atoms with Crippen LogP contribution in [-0.4, -0.2) is 20.9 Å². The van der Waals surface area contributed by atoms with Crippen molar-refractivity contribution >= 4 is 27.5 Å². The van der Waals surface area contributed by atoms with E-state index in [1.807, 2.05) is 60.7 Å². The lowest BCUT2D eigenvalue weighted by atomic mass is 10.2. The third-order valence-corrected chi connectivity index (χ3v) is 3.67. The minimum atomic E-state index is 0.502. The van der Waals surface area contributed by atoms with Crippen molar-refractivity contribution in [2.45, 2.75) is 0 Å². The normalized spacial score (nSPS) is 11.0. The van der Waals surface area contributed by atoms with Crippen molar-refractivity contribution in [3.8, 4) is 0 Å². The minimum Gasteiger partial charge on any atom is -0.410 e. The third-order valence-electron chi connectivity index (χ3n) is 3.67. The number of hydrogen-bond acceptors (Lipinski definition) is 2. The van der Waals surface area contributed by atoms with Crippen LogP contribution in [0.3, 0.4) is 0 Å². The number of oxime groups is 1. The highest BCUT2D eigenvalue weighted by Gasteiger charge is 2.13. The maximum Gasteiger partial charge on any atom is 0.149 e. The van der Waals surface area contributed by atoms with Crippen LogP contribution in [0.15, 0.2) is 65.8 Å². The van der Waals surface area contributed by atoms with Crippen molar-refractivity contribution in [2.75, 3.05) is 0 Å². The molecule has 2 heterocycles. The van der Waals surface area contributed by atoms with Gasteiger partial charge < -0.3 is 15.2 Å². The molecule has 0 saturated heterocycles. The van der Waals surface area contributed by atoms with Gasteiger partial charge in [-0.2, -0.15) is 0 Å². The quantitative estimate of drug-likeness (QED) is 0.290. The summed E-state index contributed by atoms with van der Waals surface area (Å²) < 4.78 is 0. The Kier molecular flexibility index (Phi) is 2.54. The first-order valence-electron chi connectivity index (χ1n) is 6.73. The molecular formula is C17H13N3O. The summed E-state index contributed by atoms with van der Waals surface area (Å²) in [4.78, 5) is 6.56. The van der Waals surface area contributed by atoms with Crippen LogP contribution in [0.2, 0.25) is 0 Å². The van der Waals surface area contributed by atoms with E-state index in [9.17, 15) is 5.21 Å². The van der Waals surface area contributed by atoms with E-state index in [0.29, 0.717) is 5.71 Å². The number of hydrogen-bond donors (Lipinski definition) is 3. The molecule has 2 aromatic heterocycles. The zero-order valence-corrected chi connectivity index (χ0v) is 11.2. The van der Waals surface area contributed by atoms with Gasteiger partial charge in [0.1, 0.15) is 5.71 Å². The molecule has 4 aromatic rings. The number of nitrogens with one attached hydrogen (secondary N) is 2. The minimum absolute atomic E-state index is 0.502. The Bertz CT molecular complexity index is 820. The van der Waals surface area contributed by atoms with Gasteiger partial charge in [-0.25, -0.2) is 0 Å². The van der Waals surface area contributed by atoms with Crippen molar-refractivity contribution in [2.24, 2.45) is 5.16 Å². The molecule has 21 heavy (non-hydrogen) atoms. The number of nitrogens with zero attached hydrogens (tertiary/aromatic N) is 1. The summed E-state index contributed by atoms with van der Waals surface area (Å²) in [6.45, 7) is 0. The Labute approximate surface area is 120 Å². The second kappa shape index (κ2) is 4.52. The highest BCUT2D eigenvalue weighted by atomic mass is 16.4. The Morgan fingerprint density at radius 1 is 0.762 bits per heavy atom. The third kappa shape index (κ3) is 1.89. The summed E-state index contributed by atoms with van der Waals surface area (Å²) in [6.07, 6.45) is 0. The fourth-order valence-electron chi connectivity index (χ4n) is 2.65. The number of aromatic nitrogens is 2. The molecule has 0 bridgehead atoms. The van der Waals surface area contributed by atoms with Crippen LogP contribution < -0.4 is 0 Å². The van der Waals surface area contributed by atoms with Crippen LogP contribution in [0.1, 0.15) is 11.4 Å². The van der Waals surface area contributed by atoms with Gasteiger partial charge in [0.2, 0.25) is 0 Å². The van der Waals surface area contributed by atoms with Gasteiger partial charge in [-0.3, -0.25) is 0 Å². The highest BCUT2D eigenvalue weighted by Crippen LogP contribution is 2.20. The largest absolute Gasteiger partial charge is 0.410 e. The van der Waals surface area contributed by atoms with Gasteiger partial charge in [-0.1, -0.05) is 41.6 Å². The monoisotopic (exact) mass is 275 g/mol. The van der Waals surface area contributed by atoms with E-state index < -0.39 is 0 Å². The van der Waals surface area contributed by atoms with E-state index in [2.05, 4.69) is 15.1 Å². The number of rotatable bonds is 2. The summed E-state index contributed by atoms with van der Waals surface area (Å²) in [5, 5.41) is 15.1. The SMILES string of the molecule is ON=C(c1cc2ccccc2[nH]1)c1cc2ccccc2[nH]1. The first kappa shape index (κ1) is 11.8. The first-order valence-corrected chi connectivity index (χ1v) is 6.73. The molecule has 0 unspecified atom stereocenters. The molecule has 0 amide bonds. The van der Waals surface area contributed by atoms with Gasteiger partial charge in [-0.05, 0) is 24.3 Å². The maximum absolute atomic E-state index is 9.43. The van der Waals surface area contributed by atoms with E-state index >= 15 is 0 Å². The fourth-order valence-corrected chi connectivity index (χ4v) is 2.65. The van der Waals surface area contributed by atoms with Crippen LogP contribution in [0, 0.1) is 0 Å². The van der Waals surface area contributed by atoms with Gasteiger partial charge in [-0.15, -0.1) is 0 Å². The number of aromatic amines is 2. The molecule has 0 atom stereocenters. The molecule has 4 rings (SSSR count). The van der Waals surface area contributed by atoms with Crippen molar-refractivity contribution in [1.82, 2.24) is 9.97 Å². The molecule has 0 saturated carbocycles. The number of benzene rings is 2. The summed E-state index contributed by atoms with van der Waals surface area (Å²) in [5.74, 6) is 0. The summed E-state index contributed by atoms with van der Waals surface area (Å²) in [6, 6.07) is 19.9. The number of fused-ring (bicyclic) bond motifs is 2. The zero-order chi connectivity index (χ0) is 14.2. The van der Waals surface area contributed by atoms with Crippen LogP contribution in [0.25, 0.3) is 21.8 Å². The molecule has 0 fully saturated rings. The van der Waals surface area contributed by atoms with E-state index in [4.69, 9.17) is 0 Å². The molecule has 0 spiro atoms. The summed E-state index contributed by atoms with van der Waals surface area (Å²) in [7, 11) is 0. The molecule has 4 nitrogen and oxygen atoms in total.